The van der Waals surface area contributed by atoms with Crippen molar-refractivity contribution in [2.75, 3.05) is 55.1 Å². The molecule has 2 saturated heterocycles. The summed E-state index contributed by atoms with van der Waals surface area (Å²) < 4.78 is 19.1. The quantitative estimate of drug-likeness (QED) is 0.0962. The van der Waals surface area contributed by atoms with Gasteiger partial charge in [0.05, 0.1) is 27.3 Å². The summed E-state index contributed by atoms with van der Waals surface area (Å²) in [5.74, 6) is -4.06. The summed E-state index contributed by atoms with van der Waals surface area (Å²) in [6, 6.07) is -2.54. The molecule has 0 radical (unpaired) electrons. The Hall–Kier alpha value is -2.44. The van der Waals surface area contributed by atoms with E-state index in [-0.39, 0.29) is 51.6 Å². The Balaban J connectivity index is 2.02. The smallest absolute Gasteiger partial charge is 0.438 e. The minimum absolute atomic E-state index is 0.0137. The number of carbonyl (C=O) groups excluding carboxylic acids is 4. The number of methoxy groups -OCH3 is 4. The molecular weight excluding hydrogens is 488 g/mol. The van der Waals surface area contributed by atoms with E-state index in [1.165, 1.54) is 28.4 Å². The van der Waals surface area contributed by atoms with Crippen molar-refractivity contribution in [3.05, 3.63) is 0 Å². The number of esters is 2. The number of piperidine rings is 2. The summed E-state index contributed by atoms with van der Waals surface area (Å²) in [7, 11) is 5.31. The molecule has 2 N–H and O–H groups in total. The maximum atomic E-state index is 12.6. The van der Waals surface area contributed by atoms with E-state index >= 15 is 0 Å². The molecule has 0 aliphatic carbocycles. The van der Waals surface area contributed by atoms with Crippen LogP contribution in [0.3, 0.4) is 0 Å². The van der Waals surface area contributed by atoms with Gasteiger partial charge in [-0.25, -0.2) is 9.59 Å². The van der Waals surface area contributed by atoms with Crippen molar-refractivity contribution in [1.29, 1.82) is 0 Å². The van der Waals surface area contributed by atoms with Crippen LogP contribution in [-0.2, 0) is 57.5 Å². The predicted octanol–water partition coefficient (Wildman–Crippen LogP) is -1.83. The lowest BCUT2D eigenvalue weighted by Crippen LogP contribution is -2.56. The highest BCUT2D eigenvalue weighted by Crippen LogP contribution is 2.21. The number of nitrogens with one attached hydrogen (secondary N) is 2. The molecule has 0 spiro atoms. The van der Waals surface area contributed by atoms with E-state index < -0.39 is 36.0 Å². The number of carbonyl (C=O) groups is 4. The molecule has 0 aromatic carbocycles. The molecule has 16 nitrogen and oxygen atoms in total. The van der Waals surface area contributed by atoms with Crippen LogP contribution in [0, 0.1) is 0 Å². The Labute approximate surface area is 208 Å². The van der Waals surface area contributed by atoms with Crippen molar-refractivity contribution in [2.45, 2.75) is 49.9 Å². The molecule has 0 saturated carbocycles. The first kappa shape index (κ1) is 29.8. The second-order valence-corrected chi connectivity index (χ2v) is 7.92. The number of hydroxylamine groups is 6. The molecule has 0 unspecified atom stereocenters. The first-order valence-electron chi connectivity index (χ1n) is 11.2. The van der Waals surface area contributed by atoms with Crippen LogP contribution in [0.2, 0.25) is 0 Å². The highest BCUT2D eigenvalue weighted by molar-refractivity contribution is 6.29. The van der Waals surface area contributed by atoms with Gasteiger partial charge in [0, 0.05) is 26.3 Å². The van der Waals surface area contributed by atoms with E-state index in [1.807, 2.05) is 0 Å². The largest absolute Gasteiger partial charge is 0.468 e. The maximum absolute atomic E-state index is 12.6. The van der Waals surface area contributed by atoms with Gasteiger partial charge in [-0.1, -0.05) is 0 Å². The monoisotopic (exact) mass is 522 g/mol. The minimum atomic E-state index is -1.39. The lowest BCUT2D eigenvalue weighted by Gasteiger charge is -2.37. The zero-order chi connectivity index (χ0) is 26.5. The highest BCUT2D eigenvalue weighted by Gasteiger charge is 2.41. The molecule has 2 rings (SSSR count). The van der Waals surface area contributed by atoms with Gasteiger partial charge in [-0.2, -0.15) is 11.0 Å². The number of nitrogens with zero attached hydrogens (tertiary/aromatic N) is 2. The molecule has 2 aliphatic heterocycles. The van der Waals surface area contributed by atoms with Crippen molar-refractivity contribution < 1.29 is 57.5 Å². The minimum Gasteiger partial charge on any atom is -0.468 e. The second-order valence-electron chi connectivity index (χ2n) is 7.92. The summed E-state index contributed by atoms with van der Waals surface area (Å²) in [4.78, 5) is 70.1. The van der Waals surface area contributed by atoms with Gasteiger partial charge in [0.25, 0.3) is 0 Å². The van der Waals surface area contributed by atoms with Gasteiger partial charge < -0.3 is 28.6 Å². The Bertz CT molecular complexity index is 681. The van der Waals surface area contributed by atoms with E-state index in [0.29, 0.717) is 12.8 Å². The first-order chi connectivity index (χ1) is 17.3. The van der Waals surface area contributed by atoms with Crippen LogP contribution in [0.15, 0.2) is 0 Å². The Kier molecular flexibility index (Phi) is 12.9. The van der Waals surface area contributed by atoms with Crippen molar-refractivity contribution >= 4 is 23.9 Å². The molecule has 206 valence electrons. The zero-order valence-electron chi connectivity index (χ0n) is 20.8. The van der Waals surface area contributed by atoms with Crippen LogP contribution in [0.25, 0.3) is 0 Å². The highest BCUT2D eigenvalue weighted by atomic mass is 16.8. The molecule has 0 aromatic rings. The van der Waals surface area contributed by atoms with Crippen LogP contribution >= 0.6 is 0 Å². The molecule has 2 aliphatic rings. The molecule has 0 amide bonds. The van der Waals surface area contributed by atoms with Crippen molar-refractivity contribution in [2.24, 2.45) is 0 Å². The van der Waals surface area contributed by atoms with Gasteiger partial charge in [0.15, 0.2) is 13.6 Å². The van der Waals surface area contributed by atoms with Crippen LogP contribution in [0.5, 0.6) is 0 Å². The van der Waals surface area contributed by atoms with Gasteiger partial charge in [-0.15, -0.1) is 10.1 Å². The van der Waals surface area contributed by atoms with E-state index in [2.05, 4.69) is 11.0 Å². The topological polar surface area (TPSA) is 173 Å². The fourth-order valence-electron chi connectivity index (χ4n) is 3.72. The standard InChI is InChI=1S/C20H34N4O12/c1-29-11-33-21-13-5-7-15(17(25)31-3)23(9-13)35-19(27)20(28)36-24-10-14(22-34-12-30-2)6-8-16(24)18(26)32-4/h13-16,21-22H,5-12H2,1-4H3/t13-,14-,15+,16+/m1/s1. The number of ether oxygens (including phenoxy) is 4. The Morgan fingerprint density at radius 1 is 0.667 bits per heavy atom. The normalized spacial score (nSPS) is 25.1. The van der Waals surface area contributed by atoms with Gasteiger partial charge in [-0.3, -0.25) is 19.3 Å². The summed E-state index contributed by atoms with van der Waals surface area (Å²) in [5, 5.41) is 2.06. The molecule has 2 fully saturated rings. The lowest BCUT2D eigenvalue weighted by atomic mass is 10.0. The summed E-state index contributed by atoms with van der Waals surface area (Å²) in [6.45, 7) is -0.0150. The fourth-order valence-corrected chi connectivity index (χ4v) is 3.72. The van der Waals surface area contributed by atoms with E-state index in [1.54, 1.807) is 0 Å². The molecule has 0 bridgehead atoms. The Morgan fingerprint density at radius 3 is 1.39 bits per heavy atom. The van der Waals surface area contributed by atoms with Crippen molar-refractivity contribution in [3.8, 4) is 0 Å². The average Bonchev–Trinajstić information content (AvgIpc) is 2.88. The number of hydrogen-bond acceptors (Lipinski definition) is 16. The second kappa shape index (κ2) is 15.6. The van der Waals surface area contributed by atoms with Crippen LogP contribution in [0.4, 0.5) is 0 Å². The zero-order valence-corrected chi connectivity index (χ0v) is 20.8. The van der Waals surface area contributed by atoms with Gasteiger partial charge in [0.2, 0.25) is 0 Å². The van der Waals surface area contributed by atoms with E-state index in [9.17, 15) is 19.2 Å². The molecule has 16 heteroatoms. The molecule has 2 heterocycles. The summed E-state index contributed by atoms with van der Waals surface area (Å²) >= 11 is 0. The van der Waals surface area contributed by atoms with Crippen LogP contribution in [-0.4, -0.2) is 113 Å². The molecule has 0 aromatic heterocycles. The van der Waals surface area contributed by atoms with Crippen molar-refractivity contribution in [1.82, 2.24) is 21.1 Å². The SMILES string of the molecule is COCON[C@@H]1CC[C@@H](C(=O)OC)N(OC(=O)C(=O)ON2C[C@H](NOCOC)CC[C@H]2C(=O)OC)C1. The molecule has 36 heavy (non-hydrogen) atoms. The summed E-state index contributed by atoms with van der Waals surface area (Å²) in [6.07, 6.45) is 1.51. The van der Waals surface area contributed by atoms with Crippen molar-refractivity contribution in [3.63, 3.8) is 0 Å². The molecule has 4 atom stereocenters. The maximum Gasteiger partial charge on any atom is 0.438 e. The van der Waals surface area contributed by atoms with E-state index in [4.69, 9.17) is 38.3 Å². The molecular formula is C20H34N4O12. The third-order valence-electron chi connectivity index (χ3n) is 5.44. The van der Waals surface area contributed by atoms with Gasteiger partial charge >= 0.3 is 23.9 Å². The van der Waals surface area contributed by atoms with E-state index in [0.717, 1.165) is 10.1 Å². The number of hydrogen-bond donors (Lipinski definition) is 2. The van der Waals surface area contributed by atoms with Crippen LogP contribution < -0.4 is 11.0 Å². The average molecular weight is 523 g/mol. The van der Waals surface area contributed by atoms with Gasteiger partial charge in [0.1, 0.15) is 12.1 Å². The Morgan fingerprint density at radius 2 is 1.06 bits per heavy atom. The third kappa shape index (κ3) is 8.90. The lowest BCUT2D eigenvalue weighted by molar-refractivity contribution is -0.242. The number of rotatable bonds is 12. The first-order valence-corrected chi connectivity index (χ1v) is 11.2. The van der Waals surface area contributed by atoms with Gasteiger partial charge in [-0.05, 0) is 25.7 Å². The fraction of sp³-hybridized carbons (Fsp3) is 0.800. The summed E-state index contributed by atoms with van der Waals surface area (Å²) in [5.41, 5.74) is 5.47. The third-order valence-corrected chi connectivity index (χ3v) is 5.44. The predicted molar refractivity (Wildman–Crippen MR) is 115 cm³/mol. The van der Waals surface area contributed by atoms with Crippen LogP contribution in [0.1, 0.15) is 25.7 Å².